The minimum atomic E-state index is -4.71. The molecule has 166 valence electrons. The van der Waals surface area contributed by atoms with Gasteiger partial charge in [-0.3, -0.25) is 9.89 Å². The lowest BCUT2D eigenvalue weighted by Gasteiger charge is -2.38. The first-order valence-corrected chi connectivity index (χ1v) is 9.57. The van der Waals surface area contributed by atoms with Gasteiger partial charge in [-0.2, -0.15) is 0 Å². The first-order valence-electron chi connectivity index (χ1n) is 9.57. The van der Waals surface area contributed by atoms with Crippen molar-refractivity contribution in [1.29, 1.82) is 0 Å². The van der Waals surface area contributed by atoms with Crippen molar-refractivity contribution in [2.75, 3.05) is 38.2 Å². The third kappa shape index (κ3) is 8.95. The predicted molar refractivity (Wildman–Crippen MR) is 119 cm³/mol. The number of morpholine rings is 1. The van der Waals surface area contributed by atoms with Gasteiger partial charge in [0.2, 0.25) is 0 Å². The van der Waals surface area contributed by atoms with Crippen LogP contribution in [0.1, 0.15) is 26.7 Å². The molecule has 0 amide bonds. The number of rotatable bonds is 8. The number of guanidine groups is 1. The molecule has 2 rings (SSSR count). The lowest BCUT2D eigenvalue weighted by molar-refractivity contribution is -0.274. The van der Waals surface area contributed by atoms with E-state index in [0.717, 1.165) is 39.1 Å². The summed E-state index contributed by atoms with van der Waals surface area (Å²) in [5.74, 6) is 0.455. The maximum atomic E-state index is 12.2. The monoisotopic (exact) mass is 530 g/mol. The zero-order valence-electron chi connectivity index (χ0n) is 16.7. The number of nitrogens with one attached hydrogen (secondary N) is 1. The van der Waals surface area contributed by atoms with Crippen molar-refractivity contribution < 1.29 is 22.6 Å². The highest BCUT2D eigenvalue weighted by Gasteiger charge is 2.31. The maximum absolute atomic E-state index is 12.2. The van der Waals surface area contributed by atoms with E-state index in [2.05, 4.69) is 33.8 Å². The molecule has 0 radical (unpaired) electrons. The van der Waals surface area contributed by atoms with Gasteiger partial charge in [-0.25, -0.2) is 0 Å². The smallest absolute Gasteiger partial charge is 0.406 e. The zero-order valence-corrected chi connectivity index (χ0v) is 19.1. The van der Waals surface area contributed by atoms with Gasteiger partial charge in [0, 0.05) is 24.8 Å². The number of hydrogen-bond acceptors (Lipinski definition) is 4. The molecule has 1 aliphatic heterocycles. The van der Waals surface area contributed by atoms with Crippen LogP contribution in [0.2, 0.25) is 0 Å². The Morgan fingerprint density at radius 1 is 1.21 bits per heavy atom. The fourth-order valence-corrected chi connectivity index (χ4v) is 3.42. The molecule has 1 atom stereocenters. The number of ether oxygens (including phenoxy) is 2. The predicted octanol–water partition coefficient (Wildman–Crippen LogP) is 4.07. The van der Waals surface area contributed by atoms with Crippen molar-refractivity contribution in [1.82, 2.24) is 4.90 Å². The third-order valence-electron chi connectivity index (χ3n) is 4.92. The molecule has 3 N–H and O–H groups in total. The van der Waals surface area contributed by atoms with Gasteiger partial charge in [-0.1, -0.05) is 26.7 Å². The zero-order chi connectivity index (χ0) is 20.6. The van der Waals surface area contributed by atoms with Crippen LogP contribution in [0.15, 0.2) is 29.3 Å². The van der Waals surface area contributed by atoms with Crippen LogP contribution in [-0.2, 0) is 4.74 Å². The Balaban J connectivity index is 0.00000420. The van der Waals surface area contributed by atoms with Gasteiger partial charge in [0.15, 0.2) is 5.96 Å². The summed E-state index contributed by atoms with van der Waals surface area (Å²) in [5.41, 5.74) is 6.53. The number of benzene rings is 1. The molecule has 1 fully saturated rings. The summed E-state index contributed by atoms with van der Waals surface area (Å²) in [5, 5.41) is 2.91. The Morgan fingerprint density at radius 3 is 2.31 bits per heavy atom. The van der Waals surface area contributed by atoms with E-state index >= 15 is 0 Å². The van der Waals surface area contributed by atoms with E-state index in [-0.39, 0.29) is 41.7 Å². The quantitative estimate of drug-likeness (QED) is 0.302. The highest BCUT2D eigenvalue weighted by atomic mass is 127. The third-order valence-corrected chi connectivity index (χ3v) is 4.92. The average molecular weight is 530 g/mol. The van der Waals surface area contributed by atoms with Gasteiger partial charge in [-0.15, -0.1) is 37.1 Å². The van der Waals surface area contributed by atoms with Crippen molar-refractivity contribution in [2.45, 2.75) is 39.1 Å². The Morgan fingerprint density at radius 2 is 1.79 bits per heavy atom. The molecule has 6 nitrogen and oxygen atoms in total. The van der Waals surface area contributed by atoms with Crippen LogP contribution < -0.4 is 15.8 Å². The Labute approximate surface area is 187 Å². The normalized spacial score (nSPS) is 17.0. The van der Waals surface area contributed by atoms with Crippen molar-refractivity contribution in [2.24, 2.45) is 16.6 Å². The van der Waals surface area contributed by atoms with Crippen LogP contribution >= 0.6 is 24.0 Å². The summed E-state index contributed by atoms with van der Waals surface area (Å²) in [6.45, 7) is 8.12. The molecule has 1 unspecified atom stereocenters. The van der Waals surface area contributed by atoms with Gasteiger partial charge < -0.3 is 20.5 Å². The number of nitrogens with two attached hydrogens (primary N) is 1. The average Bonchev–Trinajstić information content (AvgIpc) is 2.66. The minimum Gasteiger partial charge on any atom is -0.406 e. The number of hydrogen-bond donors (Lipinski definition) is 2. The molecular weight excluding hydrogens is 500 g/mol. The first kappa shape index (κ1) is 25.8. The van der Waals surface area contributed by atoms with Gasteiger partial charge in [0.1, 0.15) is 5.75 Å². The van der Waals surface area contributed by atoms with Gasteiger partial charge in [0.05, 0.1) is 19.8 Å². The van der Waals surface area contributed by atoms with E-state index in [4.69, 9.17) is 10.5 Å². The van der Waals surface area contributed by atoms with E-state index in [1.165, 1.54) is 24.3 Å². The maximum Gasteiger partial charge on any atom is 0.573 e. The van der Waals surface area contributed by atoms with Crippen molar-refractivity contribution in [3.63, 3.8) is 0 Å². The van der Waals surface area contributed by atoms with E-state index in [1.807, 2.05) is 0 Å². The van der Waals surface area contributed by atoms with Gasteiger partial charge >= 0.3 is 6.36 Å². The molecular formula is C19H30F3IN4O2. The van der Waals surface area contributed by atoms with Crippen LogP contribution in [0.5, 0.6) is 5.75 Å². The molecule has 0 aromatic heterocycles. The van der Waals surface area contributed by atoms with Gasteiger partial charge in [0.25, 0.3) is 0 Å². The van der Waals surface area contributed by atoms with Crippen LogP contribution in [-0.4, -0.2) is 56.1 Å². The van der Waals surface area contributed by atoms with Crippen molar-refractivity contribution >= 4 is 35.6 Å². The van der Waals surface area contributed by atoms with Crippen LogP contribution in [0.25, 0.3) is 0 Å². The van der Waals surface area contributed by atoms with Crippen LogP contribution in [0.4, 0.5) is 18.9 Å². The molecule has 1 aromatic carbocycles. The van der Waals surface area contributed by atoms with Crippen molar-refractivity contribution in [3.05, 3.63) is 24.3 Å². The van der Waals surface area contributed by atoms with E-state index < -0.39 is 6.36 Å². The standard InChI is InChI=1S/C19H29F3N4O2.HI/c1-3-14(4-2)17(26-9-11-27-12-10-26)13-24-18(23)25-15-5-7-16(8-6-15)28-19(20,21)22;/h5-8,14,17H,3-4,9-13H2,1-2H3,(H3,23,24,25);1H. The Kier molecular flexibility index (Phi) is 11.0. The molecule has 1 aromatic rings. The molecule has 29 heavy (non-hydrogen) atoms. The second-order valence-corrected chi connectivity index (χ2v) is 6.72. The molecule has 0 saturated carbocycles. The molecule has 1 saturated heterocycles. The number of nitrogens with zero attached hydrogens (tertiary/aromatic N) is 2. The van der Waals surface area contributed by atoms with E-state index in [9.17, 15) is 13.2 Å². The van der Waals surface area contributed by atoms with Crippen LogP contribution in [0.3, 0.4) is 0 Å². The lowest BCUT2D eigenvalue weighted by Crippen LogP contribution is -2.48. The van der Waals surface area contributed by atoms with Crippen LogP contribution in [0, 0.1) is 5.92 Å². The highest BCUT2D eigenvalue weighted by Crippen LogP contribution is 2.24. The van der Waals surface area contributed by atoms with E-state index in [0.29, 0.717) is 18.2 Å². The number of alkyl halides is 3. The largest absolute Gasteiger partial charge is 0.573 e. The highest BCUT2D eigenvalue weighted by molar-refractivity contribution is 14.0. The summed E-state index contributed by atoms with van der Waals surface area (Å²) in [4.78, 5) is 6.89. The topological polar surface area (TPSA) is 72.1 Å². The summed E-state index contributed by atoms with van der Waals surface area (Å²) >= 11 is 0. The number of anilines is 1. The fourth-order valence-electron chi connectivity index (χ4n) is 3.42. The number of aliphatic imine (C=N–C) groups is 1. The van der Waals surface area contributed by atoms with E-state index in [1.54, 1.807) is 0 Å². The molecule has 1 aliphatic rings. The molecule has 0 bridgehead atoms. The van der Waals surface area contributed by atoms with Crippen molar-refractivity contribution in [3.8, 4) is 5.75 Å². The minimum absolute atomic E-state index is 0. The summed E-state index contributed by atoms with van der Waals surface area (Å²) in [6.07, 6.45) is -2.59. The summed E-state index contributed by atoms with van der Waals surface area (Å²) < 4.78 is 45.9. The lowest BCUT2D eigenvalue weighted by atomic mass is 9.92. The summed E-state index contributed by atoms with van der Waals surface area (Å²) in [6, 6.07) is 5.66. The molecule has 1 heterocycles. The fraction of sp³-hybridized carbons (Fsp3) is 0.632. The first-order chi connectivity index (χ1) is 13.3. The second kappa shape index (κ2) is 12.4. The molecule has 10 heteroatoms. The number of halogens is 4. The molecule has 0 aliphatic carbocycles. The Hall–Kier alpha value is -1.27. The van der Waals surface area contributed by atoms with Gasteiger partial charge in [-0.05, 0) is 30.2 Å². The molecule has 0 spiro atoms. The SMILES string of the molecule is CCC(CC)C(CN=C(N)Nc1ccc(OC(F)(F)F)cc1)N1CCOCC1.I. The Bertz CT molecular complexity index is 619. The second-order valence-electron chi connectivity index (χ2n) is 6.72. The summed E-state index contributed by atoms with van der Waals surface area (Å²) in [7, 11) is 0.